The molecular formula is C19H27N5O3S2. The summed E-state index contributed by atoms with van der Waals surface area (Å²) in [7, 11) is -1.82. The quantitative estimate of drug-likeness (QED) is 0.676. The van der Waals surface area contributed by atoms with Crippen LogP contribution in [-0.4, -0.2) is 52.5 Å². The normalized spacial score (nSPS) is 18.0. The number of piperidine rings is 1. The number of rotatable bonds is 6. The summed E-state index contributed by atoms with van der Waals surface area (Å²) in [6, 6.07) is 4.72. The van der Waals surface area contributed by atoms with Crippen LogP contribution in [0.5, 0.6) is 0 Å². The molecule has 0 radical (unpaired) electrons. The second-order valence-corrected chi connectivity index (χ2v) is 9.72. The molecule has 0 aliphatic carbocycles. The second-order valence-electron chi connectivity index (χ2n) is 7.45. The fourth-order valence-corrected chi connectivity index (χ4v) is 5.43. The molecule has 1 atom stereocenters. The van der Waals surface area contributed by atoms with Crippen molar-refractivity contribution in [1.82, 2.24) is 24.4 Å². The molecule has 1 aromatic carbocycles. The number of carbonyl (C=O) groups is 1. The van der Waals surface area contributed by atoms with Crippen LogP contribution < -0.4 is 5.32 Å². The first kappa shape index (κ1) is 21.7. The third kappa shape index (κ3) is 4.59. The molecular weight excluding hydrogens is 410 g/mol. The zero-order valence-electron chi connectivity index (χ0n) is 16.9. The van der Waals surface area contributed by atoms with Crippen LogP contribution in [0.3, 0.4) is 0 Å². The van der Waals surface area contributed by atoms with Gasteiger partial charge < -0.3 is 9.88 Å². The van der Waals surface area contributed by atoms with Crippen molar-refractivity contribution in [3.8, 4) is 0 Å². The number of nitrogens with one attached hydrogen (secondary N) is 2. The first-order valence-corrected chi connectivity index (χ1v) is 11.6. The van der Waals surface area contributed by atoms with Gasteiger partial charge in [-0.1, -0.05) is 12.5 Å². The molecule has 0 bridgehead atoms. The Bertz CT molecular complexity index is 1060. The summed E-state index contributed by atoms with van der Waals surface area (Å²) >= 11 is 5.08. The number of carbonyl (C=O) groups excluding carboxylic acids is 1. The van der Waals surface area contributed by atoms with Crippen molar-refractivity contribution in [3.05, 3.63) is 39.9 Å². The molecule has 1 fully saturated rings. The minimum absolute atomic E-state index is 0.0313. The minimum atomic E-state index is -3.63. The van der Waals surface area contributed by atoms with Crippen molar-refractivity contribution < 1.29 is 13.2 Å². The molecule has 1 aliphatic heterocycles. The Morgan fingerprint density at radius 1 is 1.38 bits per heavy atom. The standard InChI is InChI=1S/C19H27N5O3S2/c1-13-7-8-15(29(26,27)24-11-5-4-6-14(24)2)12-16(13)18(25)20-10-9-17-21-22-19(28)23(17)3/h7-8,12,14H,4-6,9-11H2,1-3H3,(H,20,25)(H,22,28). The number of aromatic nitrogens is 3. The van der Waals surface area contributed by atoms with Crippen molar-refractivity contribution in [2.75, 3.05) is 13.1 Å². The molecule has 8 nitrogen and oxygen atoms in total. The Kier molecular flexibility index (Phi) is 6.55. The largest absolute Gasteiger partial charge is 0.352 e. The Balaban J connectivity index is 1.75. The topological polar surface area (TPSA) is 100 Å². The van der Waals surface area contributed by atoms with E-state index in [0.717, 1.165) is 30.7 Å². The molecule has 29 heavy (non-hydrogen) atoms. The summed E-state index contributed by atoms with van der Waals surface area (Å²) in [4.78, 5) is 12.9. The van der Waals surface area contributed by atoms with Crippen molar-refractivity contribution in [2.45, 2.75) is 50.5 Å². The van der Waals surface area contributed by atoms with E-state index >= 15 is 0 Å². The lowest BCUT2D eigenvalue weighted by atomic mass is 10.1. The molecule has 2 aromatic rings. The van der Waals surface area contributed by atoms with E-state index in [1.807, 2.05) is 14.0 Å². The molecule has 1 aliphatic rings. The van der Waals surface area contributed by atoms with E-state index in [1.165, 1.54) is 6.07 Å². The lowest BCUT2D eigenvalue weighted by Crippen LogP contribution is -2.42. The van der Waals surface area contributed by atoms with Crippen LogP contribution in [0, 0.1) is 11.7 Å². The van der Waals surface area contributed by atoms with Gasteiger partial charge in [0.1, 0.15) is 5.82 Å². The first-order valence-electron chi connectivity index (χ1n) is 9.73. The summed E-state index contributed by atoms with van der Waals surface area (Å²) < 4.78 is 30.0. The van der Waals surface area contributed by atoms with Crippen molar-refractivity contribution in [2.24, 2.45) is 7.05 Å². The van der Waals surface area contributed by atoms with Crippen LogP contribution in [0.1, 0.15) is 47.9 Å². The van der Waals surface area contributed by atoms with Gasteiger partial charge in [-0.05, 0) is 56.6 Å². The van der Waals surface area contributed by atoms with E-state index in [-0.39, 0.29) is 16.8 Å². The monoisotopic (exact) mass is 437 g/mol. The van der Waals surface area contributed by atoms with E-state index in [0.29, 0.717) is 29.8 Å². The van der Waals surface area contributed by atoms with E-state index in [1.54, 1.807) is 27.9 Å². The van der Waals surface area contributed by atoms with Crippen molar-refractivity contribution in [1.29, 1.82) is 0 Å². The van der Waals surface area contributed by atoms with E-state index in [4.69, 9.17) is 12.2 Å². The van der Waals surface area contributed by atoms with Crippen molar-refractivity contribution >= 4 is 28.1 Å². The SMILES string of the molecule is Cc1ccc(S(=O)(=O)N2CCCCC2C)cc1C(=O)NCCc1n[nH]c(=S)n1C. The summed E-state index contributed by atoms with van der Waals surface area (Å²) in [5, 5.41) is 9.67. The van der Waals surface area contributed by atoms with Gasteiger partial charge in [0.25, 0.3) is 5.91 Å². The Hall–Kier alpha value is -2.04. The predicted molar refractivity (Wildman–Crippen MR) is 113 cm³/mol. The zero-order chi connectivity index (χ0) is 21.2. The van der Waals surface area contributed by atoms with Gasteiger partial charge in [-0.3, -0.25) is 9.89 Å². The number of hydrogen-bond donors (Lipinski definition) is 2. The molecule has 0 saturated carbocycles. The molecule has 1 aromatic heterocycles. The number of benzene rings is 1. The highest BCUT2D eigenvalue weighted by molar-refractivity contribution is 7.89. The van der Waals surface area contributed by atoms with Crippen molar-refractivity contribution in [3.63, 3.8) is 0 Å². The fraction of sp³-hybridized carbons (Fsp3) is 0.526. The van der Waals surface area contributed by atoms with Gasteiger partial charge in [-0.15, -0.1) is 0 Å². The summed E-state index contributed by atoms with van der Waals surface area (Å²) in [5.41, 5.74) is 1.09. The van der Waals surface area contributed by atoms with Gasteiger partial charge in [0.2, 0.25) is 10.0 Å². The number of hydrogen-bond acceptors (Lipinski definition) is 5. The molecule has 1 amide bonds. The maximum absolute atomic E-state index is 13.1. The highest BCUT2D eigenvalue weighted by Crippen LogP contribution is 2.26. The number of H-pyrrole nitrogens is 1. The third-order valence-electron chi connectivity index (χ3n) is 5.41. The molecule has 1 saturated heterocycles. The molecule has 2 heterocycles. The Morgan fingerprint density at radius 3 is 2.79 bits per heavy atom. The van der Waals surface area contributed by atoms with Crippen LogP contribution in [0.15, 0.2) is 23.1 Å². The molecule has 158 valence electrons. The molecule has 3 rings (SSSR count). The number of sulfonamides is 1. The van der Waals surface area contributed by atoms with Gasteiger partial charge in [0, 0.05) is 38.2 Å². The van der Waals surface area contributed by atoms with Crippen LogP contribution in [0.2, 0.25) is 0 Å². The van der Waals surface area contributed by atoms with Crippen LogP contribution in [-0.2, 0) is 23.5 Å². The lowest BCUT2D eigenvalue weighted by molar-refractivity contribution is 0.0953. The average Bonchev–Trinajstić information content (AvgIpc) is 3.00. The van der Waals surface area contributed by atoms with Gasteiger partial charge in [0.15, 0.2) is 4.77 Å². The molecule has 10 heteroatoms. The lowest BCUT2D eigenvalue weighted by Gasteiger charge is -2.32. The second kappa shape index (κ2) is 8.76. The number of aromatic amines is 1. The van der Waals surface area contributed by atoms with E-state index in [2.05, 4.69) is 15.5 Å². The Morgan fingerprint density at radius 2 is 2.14 bits per heavy atom. The predicted octanol–water partition coefficient (Wildman–Crippen LogP) is 2.32. The van der Waals surface area contributed by atoms with Gasteiger partial charge in [0.05, 0.1) is 4.90 Å². The minimum Gasteiger partial charge on any atom is -0.352 e. The van der Waals surface area contributed by atoms with Gasteiger partial charge in [-0.2, -0.15) is 9.40 Å². The number of nitrogens with zero attached hydrogens (tertiary/aromatic N) is 3. The van der Waals surface area contributed by atoms with Gasteiger partial charge in [-0.25, -0.2) is 8.42 Å². The highest BCUT2D eigenvalue weighted by atomic mass is 32.2. The van der Waals surface area contributed by atoms with Gasteiger partial charge >= 0.3 is 0 Å². The molecule has 1 unspecified atom stereocenters. The van der Waals surface area contributed by atoms with E-state index in [9.17, 15) is 13.2 Å². The first-order chi connectivity index (χ1) is 13.7. The zero-order valence-corrected chi connectivity index (χ0v) is 18.6. The molecule has 2 N–H and O–H groups in total. The highest BCUT2D eigenvalue weighted by Gasteiger charge is 2.31. The summed E-state index contributed by atoms with van der Waals surface area (Å²) in [6.45, 7) is 4.62. The average molecular weight is 438 g/mol. The van der Waals surface area contributed by atoms with Crippen LogP contribution in [0.4, 0.5) is 0 Å². The van der Waals surface area contributed by atoms with Crippen LogP contribution in [0.25, 0.3) is 0 Å². The maximum atomic E-state index is 13.1. The molecule has 0 spiro atoms. The smallest absolute Gasteiger partial charge is 0.251 e. The number of aryl methyl sites for hydroxylation is 1. The maximum Gasteiger partial charge on any atom is 0.251 e. The third-order valence-corrected chi connectivity index (χ3v) is 7.78. The number of amides is 1. The fourth-order valence-electron chi connectivity index (χ4n) is 3.56. The summed E-state index contributed by atoms with van der Waals surface area (Å²) in [6.07, 6.45) is 3.27. The summed E-state index contributed by atoms with van der Waals surface area (Å²) in [5.74, 6) is 0.436. The van der Waals surface area contributed by atoms with E-state index < -0.39 is 10.0 Å². The van der Waals surface area contributed by atoms with Crippen LogP contribution >= 0.6 is 12.2 Å². The Labute approximate surface area is 176 Å².